The van der Waals surface area contributed by atoms with Crippen molar-refractivity contribution in [1.29, 1.82) is 0 Å². The van der Waals surface area contributed by atoms with E-state index >= 15 is 0 Å². The van der Waals surface area contributed by atoms with Crippen LogP contribution in [0.3, 0.4) is 0 Å². The lowest BCUT2D eigenvalue weighted by atomic mass is 10.1. The molecule has 1 rings (SSSR count). The Morgan fingerprint density at radius 3 is 0.917 bits per heavy atom. The van der Waals surface area contributed by atoms with Crippen LogP contribution in [-0.4, -0.2) is 25.2 Å². The van der Waals surface area contributed by atoms with E-state index in [9.17, 15) is 9.59 Å². The van der Waals surface area contributed by atoms with Crippen LogP contribution in [-0.2, 0) is 19.1 Å². The Kier molecular flexibility index (Phi) is 23.3. The van der Waals surface area contributed by atoms with Gasteiger partial charge in [0.2, 0.25) is 0 Å². The minimum Gasteiger partial charge on any atom is -0.456 e. The minimum absolute atomic E-state index is 0.361. The smallest absolute Gasteiger partial charge is 0.384 e. The number of ether oxygens (including phenoxy) is 2. The molecule has 0 radical (unpaired) electrons. The lowest BCUT2D eigenvalue weighted by molar-refractivity contribution is -0.137. The molecule has 0 unspecified atom stereocenters. The first-order valence-electron chi connectivity index (χ1n) is 15.1. The molecule has 1 aliphatic heterocycles. The molecule has 0 atom stereocenters. The Balaban J connectivity index is 2.19. The van der Waals surface area contributed by atoms with Gasteiger partial charge in [0, 0.05) is 24.7 Å². The average molecular weight is 501 g/mol. The Morgan fingerprint density at radius 1 is 0.361 bits per heavy atom. The summed E-state index contributed by atoms with van der Waals surface area (Å²) in [5.74, 6) is 10.5. The molecule has 4 heteroatoms. The van der Waals surface area contributed by atoms with Gasteiger partial charge in [0.25, 0.3) is 0 Å². The highest BCUT2D eigenvalue weighted by atomic mass is 16.5. The van der Waals surface area contributed by atoms with Gasteiger partial charge in [-0.05, 0) is 25.7 Å². The zero-order valence-corrected chi connectivity index (χ0v) is 23.0. The molecule has 0 fully saturated rings. The van der Waals surface area contributed by atoms with Crippen LogP contribution in [0, 0.1) is 23.7 Å². The largest absolute Gasteiger partial charge is 0.456 e. The predicted octanol–water partition coefficient (Wildman–Crippen LogP) is 8.46. The third-order valence-electron chi connectivity index (χ3n) is 6.74. The van der Waals surface area contributed by atoms with Crippen LogP contribution in [0.1, 0.15) is 154 Å². The fraction of sp³-hybridized carbons (Fsp3) is 0.812. The van der Waals surface area contributed by atoms with Gasteiger partial charge < -0.3 is 9.47 Å². The maximum absolute atomic E-state index is 11.7. The molecular weight excluding hydrogens is 448 g/mol. The molecule has 0 amide bonds. The highest BCUT2D eigenvalue weighted by Crippen LogP contribution is 2.13. The van der Waals surface area contributed by atoms with Gasteiger partial charge in [-0.15, -0.1) is 0 Å². The van der Waals surface area contributed by atoms with Crippen molar-refractivity contribution in [3.05, 3.63) is 0 Å². The molecule has 0 spiro atoms. The molecule has 36 heavy (non-hydrogen) atoms. The maximum atomic E-state index is 11.7. The predicted molar refractivity (Wildman–Crippen MR) is 148 cm³/mol. The Bertz CT molecular complexity index is 603. The lowest BCUT2D eigenvalue weighted by Gasteiger charge is -2.03. The van der Waals surface area contributed by atoms with Gasteiger partial charge >= 0.3 is 11.9 Å². The molecule has 0 aromatic heterocycles. The zero-order valence-electron chi connectivity index (χ0n) is 23.0. The van der Waals surface area contributed by atoms with E-state index in [1.54, 1.807) is 0 Å². The monoisotopic (exact) mass is 500 g/mol. The second-order valence-corrected chi connectivity index (χ2v) is 10.2. The summed E-state index contributed by atoms with van der Waals surface area (Å²) < 4.78 is 10.5. The van der Waals surface area contributed by atoms with E-state index in [4.69, 9.17) is 9.47 Å². The van der Waals surface area contributed by atoms with Crippen LogP contribution in [0.2, 0.25) is 0 Å². The maximum Gasteiger partial charge on any atom is 0.384 e. The first-order valence-corrected chi connectivity index (χ1v) is 15.1. The van der Waals surface area contributed by atoms with E-state index in [1.165, 1.54) is 103 Å². The number of cyclic esters (lactones) is 2. The summed E-state index contributed by atoms with van der Waals surface area (Å²) in [5.41, 5.74) is 0. The Hall–Kier alpha value is -1.94. The number of hydrogen-bond donors (Lipinski definition) is 0. The van der Waals surface area contributed by atoms with Crippen LogP contribution >= 0.6 is 0 Å². The van der Waals surface area contributed by atoms with Gasteiger partial charge in [-0.3, -0.25) is 0 Å². The average Bonchev–Trinajstić information content (AvgIpc) is 2.87. The van der Waals surface area contributed by atoms with Crippen LogP contribution < -0.4 is 0 Å². The molecular formula is C32H52O4. The molecule has 0 aromatic carbocycles. The van der Waals surface area contributed by atoms with Gasteiger partial charge in [0.05, 0.1) is 13.2 Å². The second-order valence-electron chi connectivity index (χ2n) is 10.2. The number of esters is 2. The Labute approximate surface area is 222 Å². The van der Waals surface area contributed by atoms with Crippen LogP contribution in [0.25, 0.3) is 0 Å². The van der Waals surface area contributed by atoms with E-state index in [0.717, 1.165) is 51.4 Å². The van der Waals surface area contributed by atoms with Gasteiger partial charge in [-0.2, -0.15) is 0 Å². The summed E-state index contributed by atoms with van der Waals surface area (Å²) in [5, 5.41) is 0. The Morgan fingerprint density at radius 2 is 0.611 bits per heavy atom. The molecule has 204 valence electrons. The molecule has 4 nitrogen and oxygen atoms in total. The van der Waals surface area contributed by atoms with Crippen molar-refractivity contribution in [3.63, 3.8) is 0 Å². The van der Waals surface area contributed by atoms with Gasteiger partial charge in [-0.25, -0.2) is 9.59 Å². The summed E-state index contributed by atoms with van der Waals surface area (Å²) in [4.78, 5) is 23.4. The molecule has 0 saturated heterocycles. The molecule has 0 aliphatic carbocycles. The van der Waals surface area contributed by atoms with Crippen molar-refractivity contribution in [2.24, 2.45) is 0 Å². The molecule has 0 aromatic rings. The van der Waals surface area contributed by atoms with Crippen molar-refractivity contribution >= 4 is 11.9 Å². The van der Waals surface area contributed by atoms with Crippen LogP contribution in [0.5, 0.6) is 0 Å². The summed E-state index contributed by atoms with van der Waals surface area (Å²) in [6.45, 7) is 0.998. The quantitative estimate of drug-likeness (QED) is 0.190. The molecule has 1 aliphatic rings. The highest BCUT2D eigenvalue weighted by molar-refractivity contribution is 5.88. The zero-order chi connectivity index (χ0) is 25.8. The van der Waals surface area contributed by atoms with Gasteiger partial charge in [0.1, 0.15) is 0 Å². The first kappa shape index (κ1) is 32.1. The fourth-order valence-corrected chi connectivity index (χ4v) is 4.48. The third-order valence-corrected chi connectivity index (χ3v) is 6.74. The summed E-state index contributed by atoms with van der Waals surface area (Å²) in [7, 11) is 0. The van der Waals surface area contributed by atoms with Crippen LogP contribution in [0.15, 0.2) is 0 Å². The van der Waals surface area contributed by atoms with Crippen molar-refractivity contribution in [2.75, 3.05) is 13.2 Å². The third kappa shape index (κ3) is 23.8. The van der Waals surface area contributed by atoms with Crippen molar-refractivity contribution < 1.29 is 19.1 Å². The van der Waals surface area contributed by atoms with Gasteiger partial charge in [-0.1, -0.05) is 127 Å². The second kappa shape index (κ2) is 26.1. The highest BCUT2D eigenvalue weighted by Gasteiger charge is 1.99. The van der Waals surface area contributed by atoms with Crippen molar-refractivity contribution in [2.45, 2.75) is 154 Å². The van der Waals surface area contributed by atoms with E-state index in [0.29, 0.717) is 13.2 Å². The molecule has 1 heterocycles. The SMILES string of the molecule is O=C1C#CCCCCCCCCCCCCCOC(=O)C#CCCCCCCCCCCCCCO1. The molecule has 0 bridgehead atoms. The number of carbonyl (C=O) groups excluding carboxylic acids is 2. The fourth-order valence-electron chi connectivity index (χ4n) is 4.48. The number of hydrogen-bond acceptors (Lipinski definition) is 4. The van der Waals surface area contributed by atoms with Crippen molar-refractivity contribution in [1.82, 2.24) is 0 Å². The van der Waals surface area contributed by atoms with E-state index in [1.807, 2.05) is 0 Å². The van der Waals surface area contributed by atoms with Crippen LogP contribution in [0.4, 0.5) is 0 Å². The summed E-state index contributed by atoms with van der Waals surface area (Å²) >= 11 is 0. The topological polar surface area (TPSA) is 52.6 Å². The minimum atomic E-state index is -0.361. The van der Waals surface area contributed by atoms with E-state index in [-0.39, 0.29) is 11.9 Å². The molecule has 0 N–H and O–H groups in total. The van der Waals surface area contributed by atoms with Gasteiger partial charge in [0.15, 0.2) is 0 Å². The standard InChI is InChI=1S/C32H52O4/c33-31-27-23-19-15-11-7-3-1-5-9-13-17-21-25-29-35-32(34)28-24-20-16-12-8-4-2-6-10-14-18-22-26-30-36-31/h1-22,25-26,29-30H2. The summed E-state index contributed by atoms with van der Waals surface area (Å²) in [6.07, 6.45) is 28.0. The van der Waals surface area contributed by atoms with E-state index < -0.39 is 0 Å². The lowest BCUT2D eigenvalue weighted by Crippen LogP contribution is -2.02. The first-order chi connectivity index (χ1) is 17.8. The normalized spacial score (nSPS) is 21.2. The number of carbonyl (C=O) groups is 2. The molecule has 0 saturated carbocycles. The number of rotatable bonds is 0. The van der Waals surface area contributed by atoms with E-state index in [2.05, 4.69) is 23.7 Å². The van der Waals surface area contributed by atoms with Crippen molar-refractivity contribution in [3.8, 4) is 23.7 Å². The summed E-state index contributed by atoms with van der Waals surface area (Å²) in [6, 6.07) is 0.